The molecule has 114 valence electrons. The van der Waals surface area contributed by atoms with Crippen LogP contribution in [0.15, 0.2) is 18.2 Å². The molecule has 2 saturated carbocycles. The number of benzene rings is 1. The number of methoxy groups -OCH3 is 1. The summed E-state index contributed by atoms with van der Waals surface area (Å²) in [5.74, 6) is 3.09. The summed E-state index contributed by atoms with van der Waals surface area (Å²) in [7, 11) is 3.48. The molecule has 1 aromatic rings. The third kappa shape index (κ3) is 2.85. The normalized spacial score (nSPS) is 26.9. The summed E-state index contributed by atoms with van der Waals surface area (Å²) < 4.78 is 5.19. The molecule has 4 heteroatoms. The van der Waals surface area contributed by atoms with Crippen molar-refractivity contribution in [3.63, 3.8) is 0 Å². The van der Waals surface area contributed by atoms with E-state index < -0.39 is 0 Å². The van der Waals surface area contributed by atoms with Crippen molar-refractivity contribution in [3.05, 3.63) is 23.8 Å². The zero-order valence-corrected chi connectivity index (χ0v) is 12.8. The first-order valence-electron chi connectivity index (χ1n) is 7.77. The van der Waals surface area contributed by atoms with Crippen molar-refractivity contribution in [3.8, 4) is 5.75 Å². The molecule has 3 unspecified atom stereocenters. The lowest BCUT2D eigenvalue weighted by Crippen LogP contribution is -2.33. The molecular weight excluding hydrogens is 264 g/mol. The number of hydrogen-bond donors (Lipinski definition) is 1. The summed E-state index contributed by atoms with van der Waals surface area (Å²) >= 11 is 0. The second kappa shape index (κ2) is 5.58. The van der Waals surface area contributed by atoms with E-state index in [1.54, 1.807) is 25.3 Å². The fourth-order valence-electron chi connectivity index (χ4n) is 4.12. The first kappa shape index (κ1) is 14.2. The molecule has 2 aliphatic rings. The standard InChI is InChI=1S/C17H24N2O2/c1-19(10-14-6-11-3-4-12(14)5-11)17(20)13-7-15(18)9-16(8-13)21-2/h7-9,11-12,14H,3-6,10,18H2,1-2H3. The summed E-state index contributed by atoms with van der Waals surface area (Å²) in [5, 5.41) is 0. The Labute approximate surface area is 126 Å². The highest BCUT2D eigenvalue weighted by atomic mass is 16.5. The Morgan fingerprint density at radius 1 is 1.33 bits per heavy atom. The fourth-order valence-corrected chi connectivity index (χ4v) is 4.12. The number of ether oxygens (including phenoxy) is 1. The molecule has 0 aliphatic heterocycles. The molecule has 3 atom stereocenters. The van der Waals surface area contributed by atoms with E-state index >= 15 is 0 Å². The van der Waals surface area contributed by atoms with E-state index in [-0.39, 0.29) is 5.91 Å². The minimum Gasteiger partial charge on any atom is -0.497 e. The van der Waals surface area contributed by atoms with Crippen molar-refractivity contribution in [2.24, 2.45) is 17.8 Å². The number of rotatable bonds is 4. The number of amides is 1. The van der Waals surface area contributed by atoms with E-state index in [4.69, 9.17) is 10.5 Å². The lowest BCUT2D eigenvalue weighted by molar-refractivity contribution is 0.0754. The molecule has 0 aromatic heterocycles. The van der Waals surface area contributed by atoms with Gasteiger partial charge in [-0.15, -0.1) is 0 Å². The van der Waals surface area contributed by atoms with Gasteiger partial charge in [-0.1, -0.05) is 6.42 Å². The van der Waals surface area contributed by atoms with Gasteiger partial charge in [0.15, 0.2) is 0 Å². The predicted octanol–water partition coefficient (Wildman–Crippen LogP) is 2.79. The van der Waals surface area contributed by atoms with Crippen LogP contribution in [0.3, 0.4) is 0 Å². The van der Waals surface area contributed by atoms with Crippen molar-refractivity contribution in [1.29, 1.82) is 0 Å². The zero-order chi connectivity index (χ0) is 15.0. The number of nitrogen functional groups attached to an aromatic ring is 1. The molecule has 21 heavy (non-hydrogen) atoms. The molecule has 0 spiro atoms. The van der Waals surface area contributed by atoms with Crippen molar-refractivity contribution < 1.29 is 9.53 Å². The van der Waals surface area contributed by atoms with Gasteiger partial charge in [0.05, 0.1) is 7.11 Å². The van der Waals surface area contributed by atoms with Crippen molar-refractivity contribution >= 4 is 11.6 Å². The van der Waals surface area contributed by atoms with Gasteiger partial charge in [-0.25, -0.2) is 0 Å². The van der Waals surface area contributed by atoms with Crippen LogP contribution in [0, 0.1) is 17.8 Å². The van der Waals surface area contributed by atoms with E-state index in [9.17, 15) is 4.79 Å². The summed E-state index contributed by atoms with van der Waals surface area (Å²) in [4.78, 5) is 14.4. The molecule has 1 amide bonds. The Morgan fingerprint density at radius 2 is 2.14 bits per heavy atom. The van der Waals surface area contributed by atoms with Gasteiger partial charge in [0.25, 0.3) is 5.91 Å². The average molecular weight is 288 g/mol. The number of carbonyl (C=O) groups excluding carboxylic acids is 1. The van der Waals surface area contributed by atoms with Crippen molar-refractivity contribution in [1.82, 2.24) is 4.90 Å². The van der Waals surface area contributed by atoms with Gasteiger partial charge in [0.2, 0.25) is 0 Å². The van der Waals surface area contributed by atoms with E-state index in [1.807, 2.05) is 11.9 Å². The number of hydrogen-bond acceptors (Lipinski definition) is 3. The highest BCUT2D eigenvalue weighted by Gasteiger charge is 2.40. The lowest BCUT2D eigenvalue weighted by atomic mass is 9.88. The molecule has 2 bridgehead atoms. The Kier molecular flexibility index (Phi) is 3.79. The van der Waals surface area contributed by atoms with Gasteiger partial charge in [0.1, 0.15) is 5.75 Å². The van der Waals surface area contributed by atoms with Crippen LogP contribution in [-0.2, 0) is 0 Å². The third-order valence-corrected chi connectivity index (χ3v) is 5.15. The number of fused-ring (bicyclic) bond motifs is 2. The number of carbonyl (C=O) groups is 1. The van der Waals surface area contributed by atoms with E-state index in [0.29, 0.717) is 22.9 Å². The second-order valence-corrected chi connectivity index (χ2v) is 6.62. The minimum atomic E-state index is 0.0309. The molecule has 2 fully saturated rings. The van der Waals surface area contributed by atoms with Gasteiger partial charge in [-0.3, -0.25) is 4.79 Å². The molecule has 0 saturated heterocycles. The van der Waals surface area contributed by atoms with E-state index in [2.05, 4.69) is 0 Å². The Morgan fingerprint density at radius 3 is 2.76 bits per heavy atom. The average Bonchev–Trinajstić information content (AvgIpc) is 3.08. The summed E-state index contributed by atoms with van der Waals surface area (Å²) in [5.41, 5.74) is 7.01. The molecule has 0 heterocycles. The van der Waals surface area contributed by atoms with Crippen molar-refractivity contribution in [2.45, 2.75) is 25.7 Å². The number of nitrogens with two attached hydrogens (primary N) is 1. The quantitative estimate of drug-likeness (QED) is 0.867. The second-order valence-electron chi connectivity index (χ2n) is 6.62. The first-order valence-corrected chi connectivity index (χ1v) is 7.77. The van der Waals surface area contributed by atoms with Gasteiger partial charge in [0, 0.05) is 30.9 Å². The first-order chi connectivity index (χ1) is 10.1. The van der Waals surface area contributed by atoms with Crippen LogP contribution in [0.25, 0.3) is 0 Å². The van der Waals surface area contributed by atoms with Crippen LogP contribution in [0.2, 0.25) is 0 Å². The number of nitrogens with zero attached hydrogens (tertiary/aromatic N) is 1. The molecule has 4 nitrogen and oxygen atoms in total. The van der Waals surface area contributed by atoms with E-state index in [0.717, 1.165) is 18.4 Å². The number of anilines is 1. The van der Waals surface area contributed by atoms with Crippen LogP contribution in [0.4, 0.5) is 5.69 Å². The molecule has 2 N–H and O–H groups in total. The minimum absolute atomic E-state index is 0.0309. The van der Waals surface area contributed by atoms with Crippen molar-refractivity contribution in [2.75, 3.05) is 26.4 Å². The van der Waals surface area contributed by atoms with Gasteiger partial charge < -0.3 is 15.4 Å². The Hall–Kier alpha value is -1.71. The Balaban J connectivity index is 1.68. The highest BCUT2D eigenvalue weighted by Crippen LogP contribution is 2.48. The Bertz CT molecular complexity index is 544. The molecular formula is C17H24N2O2. The van der Waals surface area contributed by atoms with Gasteiger partial charge in [-0.05, 0) is 49.1 Å². The van der Waals surface area contributed by atoms with Gasteiger partial charge in [-0.2, -0.15) is 0 Å². The highest BCUT2D eigenvalue weighted by molar-refractivity contribution is 5.95. The summed E-state index contributed by atoms with van der Waals surface area (Å²) in [6.07, 6.45) is 5.41. The van der Waals surface area contributed by atoms with Crippen LogP contribution >= 0.6 is 0 Å². The van der Waals surface area contributed by atoms with Crippen LogP contribution in [0.5, 0.6) is 5.75 Å². The van der Waals surface area contributed by atoms with Crippen LogP contribution in [0.1, 0.15) is 36.0 Å². The summed E-state index contributed by atoms with van der Waals surface area (Å²) in [6.45, 7) is 0.858. The molecule has 3 rings (SSSR count). The molecule has 1 aromatic carbocycles. The fraction of sp³-hybridized carbons (Fsp3) is 0.588. The maximum atomic E-state index is 12.6. The van der Waals surface area contributed by atoms with Crippen LogP contribution in [-0.4, -0.2) is 31.5 Å². The zero-order valence-electron chi connectivity index (χ0n) is 12.8. The molecule has 2 aliphatic carbocycles. The van der Waals surface area contributed by atoms with Crippen LogP contribution < -0.4 is 10.5 Å². The maximum absolute atomic E-state index is 12.6. The maximum Gasteiger partial charge on any atom is 0.253 e. The molecule has 0 radical (unpaired) electrons. The van der Waals surface area contributed by atoms with Gasteiger partial charge >= 0.3 is 0 Å². The van der Waals surface area contributed by atoms with E-state index in [1.165, 1.54) is 25.7 Å². The topological polar surface area (TPSA) is 55.6 Å². The SMILES string of the molecule is COc1cc(N)cc(C(=O)N(C)CC2CC3CCC2C3)c1. The lowest BCUT2D eigenvalue weighted by Gasteiger charge is -2.27. The summed E-state index contributed by atoms with van der Waals surface area (Å²) in [6, 6.07) is 5.21. The monoisotopic (exact) mass is 288 g/mol. The predicted molar refractivity (Wildman–Crippen MR) is 83.3 cm³/mol. The largest absolute Gasteiger partial charge is 0.497 e. The third-order valence-electron chi connectivity index (χ3n) is 5.15. The smallest absolute Gasteiger partial charge is 0.253 e.